The van der Waals surface area contributed by atoms with Crippen molar-refractivity contribution in [2.24, 2.45) is 0 Å². The first-order valence-electron chi connectivity index (χ1n) is 4.33. The second-order valence-electron chi connectivity index (χ2n) is 2.84. The Hall–Kier alpha value is -0.740. The van der Waals surface area contributed by atoms with Crippen LogP contribution in [0.3, 0.4) is 0 Å². The normalized spacial score (nSPS) is 11.3. The Labute approximate surface area is 103 Å². The summed E-state index contributed by atoms with van der Waals surface area (Å²) in [6.45, 7) is 0. The van der Waals surface area contributed by atoms with Gasteiger partial charge in [0.15, 0.2) is 0 Å². The Kier molecular flexibility index (Phi) is 4.91. The zero-order valence-corrected chi connectivity index (χ0v) is 10.7. The van der Waals surface area contributed by atoms with Crippen LogP contribution in [-0.4, -0.2) is 18.8 Å². The topological polar surface area (TPSA) is 26.3 Å². The monoisotopic (exact) mass is 286 g/mol. The summed E-state index contributed by atoms with van der Waals surface area (Å²) in [5, 5.41) is 0. The number of ether oxygens (including phenoxy) is 1. The quantitative estimate of drug-likeness (QED) is 0.525. The third-order valence-corrected chi connectivity index (χ3v) is 2.92. The van der Waals surface area contributed by atoms with E-state index < -0.39 is 0 Å². The summed E-state index contributed by atoms with van der Waals surface area (Å²) in [7, 11) is 1.36. The number of carbonyl (C=O) groups excluding carboxylic acids is 1. The fourth-order valence-corrected chi connectivity index (χ4v) is 1.70. The van der Waals surface area contributed by atoms with Crippen molar-refractivity contribution >= 4 is 40.6 Å². The van der Waals surface area contributed by atoms with Gasteiger partial charge >= 0.3 is 5.97 Å². The molecule has 0 unspecified atom stereocenters. The highest BCUT2D eigenvalue weighted by atomic mass is 79.9. The summed E-state index contributed by atoms with van der Waals surface area (Å²) >= 11 is 7.49. The fraction of sp³-hybridized carbons (Fsp3) is 0.182. The highest BCUT2D eigenvalue weighted by Gasteiger charge is 2.08. The molecule has 0 aliphatic heterocycles. The molecule has 0 spiro atoms. The second kappa shape index (κ2) is 5.98. The molecule has 0 saturated heterocycles. The first-order chi connectivity index (χ1) is 7.19. The van der Waals surface area contributed by atoms with Crippen LogP contribution in [0.25, 0.3) is 6.08 Å². The molecule has 0 aromatic heterocycles. The molecule has 4 heteroatoms. The molecule has 0 fully saturated rings. The van der Waals surface area contributed by atoms with E-state index in [1.54, 1.807) is 6.08 Å². The molecule has 0 heterocycles. The minimum absolute atomic E-state index is 0.347. The van der Waals surface area contributed by atoms with E-state index in [0.717, 1.165) is 10.0 Å². The van der Waals surface area contributed by atoms with E-state index in [-0.39, 0.29) is 5.97 Å². The molecule has 0 atom stereocenters. The van der Waals surface area contributed by atoms with Crippen LogP contribution in [0.5, 0.6) is 0 Å². The lowest BCUT2D eigenvalue weighted by Gasteiger charge is -2.03. The summed E-state index contributed by atoms with van der Waals surface area (Å²) in [6, 6.07) is 7.65. The van der Waals surface area contributed by atoms with Gasteiger partial charge in [0.1, 0.15) is 0 Å². The minimum Gasteiger partial charge on any atom is -0.466 e. The molecule has 0 aliphatic carbocycles. The predicted molar refractivity (Wildman–Crippen MR) is 68.0 cm³/mol. The van der Waals surface area contributed by atoms with Crippen molar-refractivity contribution < 1.29 is 9.53 Å². The standard InChI is InChI=1S/C11H11BrO2S/c1-14-11(13)9(7-15)6-8-4-2-3-5-10(8)12/h2-6,15H,7H2,1H3/b9-6+. The van der Waals surface area contributed by atoms with Crippen molar-refractivity contribution in [3.8, 4) is 0 Å². The van der Waals surface area contributed by atoms with E-state index in [0.29, 0.717) is 11.3 Å². The highest BCUT2D eigenvalue weighted by molar-refractivity contribution is 9.10. The molecule has 0 radical (unpaired) electrons. The fourth-order valence-electron chi connectivity index (χ4n) is 1.08. The molecule has 1 rings (SSSR count). The van der Waals surface area contributed by atoms with Crippen LogP contribution in [0.2, 0.25) is 0 Å². The van der Waals surface area contributed by atoms with Crippen LogP contribution in [0.15, 0.2) is 34.3 Å². The summed E-state index contributed by atoms with van der Waals surface area (Å²) in [4.78, 5) is 11.3. The number of benzene rings is 1. The summed E-state index contributed by atoms with van der Waals surface area (Å²) in [5.74, 6) is 0.00864. The number of methoxy groups -OCH3 is 1. The van der Waals surface area contributed by atoms with Gasteiger partial charge in [0.05, 0.1) is 7.11 Å². The Bertz CT molecular complexity index is 388. The molecule has 0 amide bonds. The van der Waals surface area contributed by atoms with E-state index in [1.807, 2.05) is 24.3 Å². The average Bonchev–Trinajstić information content (AvgIpc) is 2.27. The number of hydrogen-bond donors (Lipinski definition) is 1. The molecule has 15 heavy (non-hydrogen) atoms. The molecule has 0 bridgehead atoms. The van der Waals surface area contributed by atoms with Crippen LogP contribution in [0.4, 0.5) is 0 Å². The third-order valence-electron chi connectivity index (χ3n) is 1.85. The largest absolute Gasteiger partial charge is 0.466 e. The van der Waals surface area contributed by atoms with Crippen LogP contribution in [0, 0.1) is 0 Å². The van der Waals surface area contributed by atoms with Gasteiger partial charge in [-0.05, 0) is 17.7 Å². The van der Waals surface area contributed by atoms with Crippen LogP contribution in [-0.2, 0) is 9.53 Å². The maximum Gasteiger partial charge on any atom is 0.334 e. The molecule has 1 aromatic carbocycles. The van der Waals surface area contributed by atoms with E-state index in [9.17, 15) is 4.79 Å². The van der Waals surface area contributed by atoms with Crippen molar-refractivity contribution in [3.63, 3.8) is 0 Å². The van der Waals surface area contributed by atoms with Crippen molar-refractivity contribution in [3.05, 3.63) is 39.9 Å². The van der Waals surface area contributed by atoms with Gasteiger partial charge in [-0.25, -0.2) is 4.79 Å². The van der Waals surface area contributed by atoms with Gasteiger partial charge in [-0.2, -0.15) is 12.6 Å². The Morgan fingerprint density at radius 3 is 2.73 bits per heavy atom. The van der Waals surface area contributed by atoms with Crippen molar-refractivity contribution in [2.75, 3.05) is 12.9 Å². The zero-order valence-electron chi connectivity index (χ0n) is 8.24. The maximum absolute atomic E-state index is 11.3. The number of rotatable bonds is 3. The van der Waals surface area contributed by atoms with Crippen LogP contribution >= 0.6 is 28.6 Å². The second-order valence-corrected chi connectivity index (χ2v) is 4.01. The Morgan fingerprint density at radius 1 is 1.53 bits per heavy atom. The maximum atomic E-state index is 11.3. The molecule has 0 saturated carbocycles. The molecule has 0 N–H and O–H groups in total. The van der Waals surface area contributed by atoms with Gasteiger partial charge in [0.25, 0.3) is 0 Å². The third kappa shape index (κ3) is 3.39. The van der Waals surface area contributed by atoms with E-state index in [2.05, 4.69) is 33.3 Å². The van der Waals surface area contributed by atoms with E-state index >= 15 is 0 Å². The van der Waals surface area contributed by atoms with Crippen molar-refractivity contribution in [1.82, 2.24) is 0 Å². The van der Waals surface area contributed by atoms with Crippen molar-refractivity contribution in [1.29, 1.82) is 0 Å². The minimum atomic E-state index is -0.347. The zero-order chi connectivity index (χ0) is 11.3. The van der Waals surface area contributed by atoms with Gasteiger partial charge in [0, 0.05) is 15.8 Å². The van der Waals surface area contributed by atoms with Crippen LogP contribution < -0.4 is 0 Å². The predicted octanol–water partition coefficient (Wildman–Crippen LogP) is 2.94. The van der Waals surface area contributed by atoms with Gasteiger partial charge in [-0.15, -0.1) is 0 Å². The molecule has 2 nitrogen and oxygen atoms in total. The smallest absolute Gasteiger partial charge is 0.334 e. The number of hydrogen-bond acceptors (Lipinski definition) is 3. The lowest BCUT2D eigenvalue weighted by atomic mass is 10.1. The lowest BCUT2D eigenvalue weighted by molar-refractivity contribution is -0.135. The van der Waals surface area contributed by atoms with Crippen molar-refractivity contribution in [2.45, 2.75) is 0 Å². The van der Waals surface area contributed by atoms with Gasteiger partial charge < -0.3 is 4.74 Å². The Balaban J connectivity index is 3.03. The molecule has 0 aliphatic rings. The number of carbonyl (C=O) groups is 1. The number of thiol groups is 1. The summed E-state index contributed by atoms with van der Waals surface area (Å²) in [6.07, 6.45) is 1.77. The van der Waals surface area contributed by atoms with Gasteiger partial charge in [-0.3, -0.25) is 0 Å². The average molecular weight is 287 g/mol. The molecule has 1 aromatic rings. The van der Waals surface area contributed by atoms with E-state index in [1.165, 1.54) is 7.11 Å². The molecule has 80 valence electrons. The molecular weight excluding hydrogens is 276 g/mol. The number of esters is 1. The highest BCUT2D eigenvalue weighted by Crippen LogP contribution is 2.19. The van der Waals surface area contributed by atoms with Crippen LogP contribution in [0.1, 0.15) is 5.56 Å². The molecular formula is C11H11BrO2S. The first kappa shape index (κ1) is 12.3. The summed E-state index contributed by atoms with van der Waals surface area (Å²) < 4.78 is 5.58. The van der Waals surface area contributed by atoms with Gasteiger partial charge in [-0.1, -0.05) is 34.1 Å². The number of halogens is 1. The first-order valence-corrected chi connectivity index (χ1v) is 5.76. The lowest BCUT2D eigenvalue weighted by Crippen LogP contribution is -2.05. The van der Waals surface area contributed by atoms with E-state index in [4.69, 9.17) is 0 Å². The Morgan fingerprint density at radius 2 is 2.20 bits per heavy atom. The SMILES string of the molecule is COC(=O)/C(=C/c1ccccc1Br)CS. The van der Waals surface area contributed by atoms with Gasteiger partial charge in [0.2, 0.25) is 0 Å². The summed E-state index contributed by atoms with van der Waals surface area (Å²) in [5.41, 5.74) is 1.47.